The molecule has 2 N–H and O–H groups in total. The largest absolute Gasteiger partial charge is 0.494 e. The number of anilines is 2. The Morgan fingerprint density at radius 1 is 1.35 bits per heavy atom. The molecule has 2 amide bonds. The third-order valence-corrected chi connectivity index (χ3v) is 3.75. The van der Waals surface area contributed by atoms with E-state index in [0.29, 0.717) is 11.4 Å². The van der Waals surface area contributed by atoms with Gasteiger partial charge in [0.05, 0.1) is 35.9 Å². The molecule has 0 spiro atoms. The van der Waals surface area contributed by atoms with Gasteiger partial charge >= 0.3 is 0 Å². The smallest absolute Gasteiger partial charge is 0.273 e. The van der Waals surface area contributed by atoms with Crippen molar-refractivity contribution in [3.63, 3.8) is 0 Å². The highest BCUT2D eigenvalue weighted by molar-refractivity contribution is 6.02. The normalized spacial score (nSPS) is 15.3. The molecule has 1 unspecified atom stereocenters. The fraction of sp³-hybridized carbons (Fsp3) is 0.176. The molecule has 0 bridgehead atoms. The lowest BCUT2D eigenvalue weighted by Gasteiger charge is -2.25. The number of ether oxygens (including phenoxy) is 2. The van der Waals surface area contributed by atoms with E-state index in [1.165, 1.54) is 25.3 Å². The average molecular weight is 357 g/mol. The summed E-state index contributed by atoms with van der Waals surface area (Å²) in [5.74, 6) is -0.282. The van der Waals surface area contributed by atoms with Gasteiger partial charge in [-0.05, 0) is 18.2 Å². The van der Waals surface area contributed by atoms with E-state index in [2.05, 4.69) is 10.6 Å². The second kappa shape index (κ2) is 7.09. The van der Waals surface area contributed by atoms with Crippen LogP contribution in [0.5, 0.6) is 11.5 Å². The van der Waals surface area contributed by atoms with Crippen molar-refractivity contribution in [3.8, 4) is 11.5 Å². The van der Waals surface area contributed by atoms with E-state index in [1.54, 1.807) is 24.3 Å². The highest BCUT2D eigenvalue weighted by atomic mass is 16.6. The molecule has 134 valence electrons. The summed E-state index contributed by atoms with van der Waals surface area (Å²) in [7, 11) is 1.34. The lowest BCUT2D eigenvalue weighted by atomic mass is 10.1. The van der Waals surface area contributed by atoms with Crippen molar-refractivity contribution < 1.29 is 24.0 Å². The molecule has 1 atom stereocenters. The minimum absolute atomic E-state index is 0.145. The molecule has 0 saturated heterocycles. The van der Waals surface area contributed by atoms with Crippen LogP contribution in [-0.4, -0.2) is 30.0 Å². The molecule has 2 aromatic rings. The predicted octanol–water partition coefficient (Wildman–Crippen LogP) is 2.33. The zero-order valence-corrected chi connectivity index (χ0v) is 13.7. The molecule has 9 nitrogen and oxygen atoms in total. The predicted molar refractivity (Wildman–Crippen MR) is 92.4 cm³/mol. The minimum Gasteiger partial charge on any atom is -0.494 e. The quantitative estimate of drug-likeness (QED) is 0.626. The van der Waals surface area contributed by atoms with Crippen molar-refractivity contribution in [1.82, 2.24) is 0 Å². The Hall–Kier alpha value is -3.62. The molecular formula is C17H15N3O6. The van der Waals surface area contributed by atoms with Gasteiger partial charge < -0.3 is 20.1 Å². The zero-order chi connectivity index (χ0) is 18.7. The van der Waals surface area contributed by atoms with Crippen LogP contribution >= 0.6 is 0 Å². The number of carbonyl (C=O) groups is 2. The number of non-ortho nitro benzene ring substituents is 1. The lowest BCUT2D eigenvalue weighted by molar-refractivity contribution is -0.384. The van der Waals surface area contributed by atoms with Crippen molar-refractivity contribution in [1.29, 1.82) is 0 Å². The van der Waals surface area contributed by atoms with Gasteiger partial charge in [0, 0.05) is 6.07 Å². The second-order valence-electron chi connectivity index (χ2n) is 5.49. The number of rotatable bonds is 5. The van der Waals surface area contributed by atoms with Crippen molar-refractivity contribution in [2.24, 2.45) is 0 Å². The highest BCUT2D eigenvalue weighted by Crippen LogP contribution is 2.31. The Bertz CT molecular complexity index is 883. The first-order chi connectivity index (χ1) is 12.5. The summed E-state index contributed by atoms with van der Waals surface area (Å²) >= 11 is 0. The molecular weight excluding hydrogens is 342 g/mol. The van der Waals surface area contributed by atoms with E-state index in [1.807, 2.05) is 0 Å². The molecule has 0 aliphatic carbocycles. The monoisotopic (exact) mass is 357 g/mol. The molecule has 0 aromatic heterocycles. The Balaban J connectivity index is 1.70. The van der Waals surface area contributed by atoms with Crippen LogP contribution in [0, 0.1) is 10.1 Å². The van der Waals surface area contributed by atoms with Crippen molar-refractivity contribution in [3.05, 3.63) is 52.6 Å². The molecule has 0 radical (unpaired) electrons. The molecule has 0 saturated carbocycles. The SMILES string of the molecule is COc1cc([N+](=O)[O-])ccc1NC(=O)CC1Oc2ccccc2NC1=O. The number of benzene rings is 2. The standard InChI is InChI=1S/C17H15N3O6/c1-25-14-8-10(20(23)24)6-7-12(14)18-16(21)9-15-17(22)19-11-4-2-3-5-13(11)26-15/h2-8,15H,9H2,1H3,(H,18,21)(H,19,22). The van der Waals surface area contributed by atoms with E-state index in [9.17, 15) is 19.7 Å². The number of nitro groups is 1. The molecule has 1 aliphatic rings. The van der Waals surface area contributed by atoms with Gasteiger partial charge in [0.1, 0.15) is 11.5 Å². The molecule has 1 aliphatic heterocycles. The number of carbonyl (C=O) groups excluding carboxylic acids is 2. The fourth-order valence-corrected chi connectivity index (χ4v) is 2.49. The van der Waals surface area contributed by atoms with E-state index in [4.69, 9.17) is 9.47 Å². The number of nitrogens with one attached hydrogen (secondary N) is 2. The third kappa shape index (κ3) is 3.56. The average Bonchev–Trinajstić information content (AvgIpc) is 2.62. The first-order valence-corrected chi connectivity index (χ1v) is 7.67. The number of hydrogen-bond donors (Lipinski definition) is 2. The molecule has 2 aromatic carbocycles. The van der Waals surface area contributed by atoms with Crippen molar-refractivity contribution in [2.45, 2.75) is 12.5 Å². The maximum absolute atomic E-state index is 12.3. The van der Waals surface area contributed by atoms with E-state index < -0.39 is 22.8 Å². The Morgan fingerprint density at radius 2 is 2.12 bits per heavy atom. The van der Waals surface area contributed by atoms with Crippen LogP contribution in [0.15, 0.2) is 42.5 Å². The van der Waals surface area contributed by atoms with Crippen LogP contribution in [0.3, 0.4) is 0 Å². The minimum atomic E-state index is -0.978. The Morgan fingerprint density at radius 3 is 2.85 bits per heavy atom. The summed E-state index contributed by atoms with van der Waals surface area (Å²) in [4.78, 5) is 34.6. The number of fused-ring (bicyclic) bond motifs is 1. The number of amides is 2. The maximum Gasteiger partial charge on any atom is 0.273 e. The molecule has 0 fully saturated rings. The number of nitrogens with zero attached hydrogens (tertiary/aromatic N) is 1. The zero-order valence-electron chi connectivity index (χ0n) is 13.7. The van der Waals surface area contributed by atoms with Crippen molar-refractivity contribution >= 4 is 28.9 Å². The molecule has 26 heavy (non-hydrogen) atoms. The maximum atomic E-state index is 12.3. The summed E-state index contributed by atoms with van der Waals surface area (Å²) in [6.07, 6.45) is -1.20. The van der Waals surface area contributed by atoms with E-state index in [0.717, 1.165) is 0 Å². The molecule has 1 heterocycles. The van der Waals surface area contributed by atoms with Gasteiger partial charge in [0.2, 0.25) is 5.91 Å². The van der Waals surface area contributed by atoms with Crippen LogP contribution in [-0.2, 0) is 9.59 Å². The van der Waals surface area contributed by atoms with Gasteiger partial charge in [-0.3, -0.25) is 19.7 Å². The lowest BCUT2D eigenvalue weighted by Crippen LogP contribution is -2.39. The van der Waals surface area contributed by atoms with Gasteiger partial charge in [-0.2, -0.15) is 0 Å². The third-order valence-electron chi connectivity index (χ3n) is 3.75. The van der Waals surface area contributed by atoms with E-state index in [-0.39, 0.29) is 23.5 Å². The fourth-order valence-electron chi connectivity index (χ4n) is 2.49. The summed E-state index contributed by atoms with van der Waals surface area (Å²) in [6.45, 7) is 0. The Kier molecular flexibility index (Phi) is 4.70. The molecule has 9 heteroatoms. The van der Waals surface area contributed by atoms with Crippen molar-refractivity contribution in [2.75, 3.05) is 17.7 Å². The van der Waals surface area contributed by atoms with Crippen LogP contribution in [0.2, 0.25) is 0 Å². The number of methoxy groups -OCH3 is 1. The van der Waals surface area contributed by atoms with Gasteiger partial charge in [0.25, 0.3) is 11.6 Å². The highest BCUT2D eigenvalue weighted by Gasteiger charge is 2.29. The van der Waals surface area contributed by atoms with Crippen LogP contribution in [0.25, 0.3) is 0 Å². The number of para-hydroxylation sites is 2. The molecule has 3 rings (SSSR count). The summed E-state index contributed by atoms with van der Waals surface area (Å²) < 4.78 is 10.6. The van der Waals surface area contributed by atoms with Gasteiger partial charge in [0.15, 0.2) is 6.10 Å². The number of hydrogen-bond acceptors (Lipinski definition) is 6. The van der Waals surface area contributed by atoms with Crippen LogP contribution in [0.1, 0.15) is 6.42 Å². The van der Waals surface area contributed by atoms with Gasteiger partial charge in [-0.15, -0.1) is 0 Å². The van der Waals surface area contributed by atoms with Gasteiger partial charge in [-0.25, -0.2) is 0 Å². The summed E-state index contributed by atoms with van der Waals surface area (Å²) in [5.41, 5.74) is 0.650. The summed E-state index contributed by atoms with van der Waals surface area (Å²) in [6, 6.07) is 10.7. The Labute approximate surface area is 148 Å². The van der Waals surface area contributed by atoms with Crippen LogP contribution in [0.4, 0.5) is 17.1 Å². The first-order valence-electron chi connectivity index (χ1n) is 7.67. The topological polar surface area (TPSA) is 120 Å². The van der Waals surface area contributed by atoms with E-state index >= 15 is 0 Å². The second-order valence-corrected chi connectivity index (χ2v) is 5.49. The number of nitro benzene ring substituents is 1. The first kappa shape index (κ1) is 17.2. The summed E-state index contributed by atoms with van der Waals surface area (Å²) in [5, 5.41) is 16.1. The van der Waals surface area contributed by atoms with Crippen LogP contribution < -0.4 is 20.1 Å². The van der Waals surface area contributed by atoms with Gasteiger partial charge in [-0.1, -0.05) is 12.1 Å².